The van der Waals surface area contributed by atoms with E-state index in [-0.39, 0.29) is 5.46 Å². The van der Waals surface area contributed by atoms with E-state index in [2.05, 4.69) is 0 Å². The normalized spacial score (nSPS) is 10.7. The van der Waals surface area contributed by atoms with E-state index < -0.39 is 12.9 Å². The molecule has 0 aliphatic rings. The Labute approximate surface area is 100 Å². The van der Waals surface area contributed by atoms with E-state index in [0.29, 0.717) is 5.39 Å². The first kappa shape index (κ1) is 10.8. The molecular formula is C10H7BFIO2. The lowest BCUT2D eigenvalue weighted by Gasteiger charge is -2.07. The summed E-state index contributed by atoms with van der Waals surface area (Å²) in [6.45, 7) is 0. The zero-order valence-corrected chi connectivity index (χ0v) is 9.77. The molecule has 0 aliphatic carbocycles. The van der Waals surface area contributed by atoms with Crippen molar-refractivity contribution in [3.8, 4) is 0 Å². The van der Waals surface area contributed by atoms with Crippen molar-refractivity contribution in [1.82, 2.24) is 0 Å². The number of hydrogen-bond donors (Lipinski definition) is 2. The van der Waals surface area contributed by atoms with Crippen LogP contribution in [0.25, 0.3) is 10.8 Å². The van der Waals surface area contributed by atoms with Crippen LogP contribution < -0.4 is 5.46 Å². The summed E-state index contributed by atoms with van der Waals surface area (Å²) in [5, 5.41) is 19.2. The minimum absolute atomic E-state index is 0.0851. The number of benzene rings is 2. The molecular weight excluding hydrogens is 309 g/mol. The summed E-state index contributed by atoms with van der Waals surface area (Å²) >= 11 is 2.04. The maximum absolute atomic E-state index is 13.8. The van der Waals surface area contributed by atoms with Gasteiger partial charge < -0.3 is 10.0 Å². The number of fused-ring (bicyclic) bond motifs is 1. The average Bonchev–Trinajstić information content (AvgIpc) is 2.23. The zero-order valence-electron chi connectivity index (χ0n) is 7.61. The number of rotatable bonds is 1. The summed E-state index contributed by atoms with van der Waals surface area (Å²) in [5.74, 6) is -0.569. The lowest BCUT2D eigenvalue weighted by Crippen LogP contribution is -2.33. The maximum Gasteiger partial charge on any atom is 0.491 e. The van der Waals surface area contributed by atoms with Gasteiger partial charge in [0.1, 0.15) is 5.82 Å². The van der Waals surface area contributed by atoms with Gasteiger partial charge in [0.2, 0.25) is 0 Å². The highest BCUT2D eigenvalue weighted by Gasteiger charge is 2.19. The molecule has 15 heavy (non-hydrogen) atoms. The molecule has 0 spiro atoms. The standard InChI is InChI=1S/C10H7BFIO2/c12-10-7-4-2-1-3-6(7)9(13)5-8(10)11(14)15/h1-5,14-15H. The Morgan fingerprint density at radius 1 is 1.13 bits per heavy atom. The molecule has 0 heterocycles. The first-order valence-electron chi connectivity index (χ1n) is 4.34. The summed E-state index contributed by atoms with van der Waals surface area (Å²) in [6.07, 6.45) is 0. The van der Waals surface area contributed by atoms with E-state index in [4.69, 9.17) is 10.0 Å². The van der Waals surface area contributed by atoms with Crippen molar-refractivity contribution in [3.05, 3.63) is 39.7 Å². The van der Waals surface area contributed by atoms with E-state index in [1.54, 1.807) is 18.2 Å². The van der Waals surface area contributed by atoms with Crippen LogP contribution in [0.4, 0.5) is 4.39 Å². The van der Waals surface area contributed by atoms with Crippen LogP contribution in [0.1, 0.15) is 0 Å². The van der Waals surface area contributed by atoms with Crippen molar-refractivity contribution in [2.75, 3.05) is 0 Å². The van der Waals surface area contributed by atoms with Crippen LogP contribution in [0.2, 0.25) is 0 Å². The summed E-state index contributed by atoms with van der Waals surface area (Å²) in [6, 6.07) is 8.41. The van der Waals surface area contributed by atoms with Gasteiger partial charge in [-0.25, -0.2) is 4.39 Å². The second-order valence-electron chi connectivity index (χ2n) is 3.18. The molecule has 0 fully saturated rings. The topological polar surface area (TPSA) is 40.5 Å². The summed E-state index contributed by atoms with van der Waals surface area (Å²) in [5.41, 5.74) is -0.0851. The van der Waals surface area contributed by atoms with E-state index >= 15 is 0 Å². The van der Waals surface area contributed by atoms with Gasteiger partial charge in [0.25, 0.3) is 0 Å². The number of halogens is 2. The highest BCUT2D eigenvalue weighted by Crippen LogP contribution is 2.21. The van der Waals surface area contributed by atoms with E-state index in [1.165, 1.54) is 6.07 Å². The SMILES string of the molecule is OB(O)c1cc(I)c2ccccc2c1F. The van der Waals surface area contributed by atoms with E-state index in [1.807, 2.05) is 28.7 Å². The van der Waals surface area contributed by atoms with Gasteiger partial charge in [-0.3, -0.25) is 0 Å². The molecule has 5 heteroatoms. The van der Waals surface area contributed by atoms with Gasteiger partial charge in [0.15, 0.2) is 0 Å². The maximum atomic E-state index is 13.8. The van der Waals surface area contributed by atoms with Crippen molar-refractivity contribution in [2.24, 2.45) is 0 Å². The van der Waals surface area contributed by atoms with Crippen LogP contribution in [0.15, 0.2) is 30.3 Å². The predicted molar refractivity (Wildman–Crippen MR) is 66.4 cm³/mol. The Balaban J connectivity index is 2.84. The van der Waals surface area contributed by atoms with E-state index in [0.717, 1.165) is 8.96 Å². The van der Waals surface area contributed by atoms with Gasteiger partial charge in [-0.15, -0.1) is 0 Å². The molecule has 0 saturated heterocycles. The summed E-state index contributed by atoms with van der Waals surface area (Å²) in [7, 11) is -1.77. The van der Waals surface area contributed by atoms with Gasteiger partial charge in [-0.1, -0.05) is 24.3 Å². The van der Waals surface area contributed by atoms with Gasteiger partial charge in [0.05, 0.1) is 0 Å². The second-order valence-corrected chi connectivity index (χ2v) is 4.34. The molecule has 2 N–H and O–H groups in total. The highest BCUT2D eigenvalue weighted by molar-refractivity contribution is 14.1. The lowest BCUT2D eigenvalue weighted by atomic mass is 9.79. The van der Waals surface area contributed by atoms with Gasteiger partial charge >= 0.3 is 7.12 Å². The van der Waals surface area contributed by atoms with Crippen molar-refractivity contribution in [1.29, 1.82) is 0 Å². The second kappa shape index (κ2) is 4.07. The van der Waals surface area contributed by atoms with Crippen LogP contribution in [-0.4, -0.2) is 17.2 Å². The highest BCUT2D eigenvalue weighted by atomic mass is 127. The minimum Gasteiger partial charge on any atom is -0.423 e. The fourth-order valence-electron chi connectivity index (χ4n) is 1.50. The van der Waals surface area contributed by atoms with Crippen molar-refractivity contribution in [2.45, 2.75) is 0 Å². The fourth-order valence-corrected chi connectivity index (χ4v) is 2.31. The molecule has 0 radical (unpaired) electrons. The monoisotopic (exact) mass is 316 g/mol. The Hall–Kier alpha value is -0.655. The van der Waals surface area contributed by atoms with Crippen LogP contribution in [0.3, 0.4) is 0 Å². The molecule has 2 nitrogen and oxygen atoms in total. The van der Waals surface area contributed by atoms with Gasteiger partial charge in [-0.05, 0) is 34.0 Å². The molecule has 0 amide bonds. The van der Waals surface area contributed by atoms with Crippen molar-refractivity contribution >= 4 is 45.9 Å². The first-order chi connectivity index (χ1) is 7.11. The van der Waals surface area contributed by atoms with E-state index in [9.17, 15) is 4.39 Å². The Bertz CT molecular complexity index is 516. The van der Waals surface area contributed by atoms with Gasteiger partial charge in [0, 0.05) is 14.4 Å². The largest absolute Gasteiger partial charge is 0.491 e. The molecule has 0 aliphatic heterocycles. The molecule has 2 aromatic rings. The molecule has 0 atom stereocenters. The molecule has 2 rings (SSSR count). The Morgan fingerprint density at radius 2 is 1.73 bits per heavy atom. The lowest BCUT2D eigenvalue weighted by molar-refractivity contribution is 0.423. The zero-order chi connectivity index (χ0) is 11.0. The Kier molecular flexibility index (Phi) is 2.95. The Morgan fingerprint density at radius 3 is 2.33 bits per heavy atom. The summed E-state index contributed by atoms with van der Waals surface area (Å²) < 4.78 is 14.6. The minimum atomic E-state index is -1.77. The molecule has 76 valence electrons. The third-order valence-corrected chi connectivity index (χ3v) is 3.13. The van der Waals surface area contributed by atoms with Crippen LogP contribution in [0, 0.1) is 9.39 Å². The molecule has 2 aromatic carbocycles. The van der Waals surface area contributed by atoms with Gasteiger partial charge in [-0.2, -0.15) is 0 Å². The molecule has 0 unspecified atom stereocenters. The third-order valence-electron chi connectivity index (χ3n) is 2.23. The molecule has 0 saturated carbocycles. The first-order valence-corrected chi connectivity index (χ1v) is 5.42. The number of hydrogen-bond acceptors (Lipinski definition) is 2. The predicted octanol–water partition coefficient (Wildman–Crippen LogP) is 1.26. The average molecular weight is 316 g/mol. The van der Waals surface area contributed by atoms with Crippen LogP contribution in [0.5, 0.6) is 0 Å². The van der Waals surface area contributed by atoms with Crippen molar-refractivity contribution < 1.29 is 14.4 Å². The van der Waals surface area contributed by atoms with Crippen molar-refractivity contribution in [3.63, 3.8) is 0 Å². The quantitative estimate of drug-likeness (QED) is 0.614. The third kappa shape index (κ3) is 1.87. The summed E-state index contributed by atoms with van der Waals surface area (Å²) in [4.78, 5) is 0. The fraction of sp³-hybridized carbons (Fsp3) is 0. The molecule has 0 bridgehead atoms. The van der Waals surface area contributed by atoms with Crippen LogP contribution >= 0.6 is 22.6 Å². The smallest absolute Gasteiger partial charge is 0.423 e. The van der Waals surface area contributed by atoms with Crippen LogP contribution in [-0.2, 0) is 0 Å². The molecule has 0 aromatic heterocycles.